The molecule has 10 aromatic rings. The van der Waals surface area contributed by atoms with Crippen LogP contribution in [-0.4, -0.2) is 14.5 Å². The van der Waals surface area contributed by atoms with Crippen LogP contribution in [0.25, 0.3) is 94.5 Å². The highest BCUT2D eigenvalue weighted by Crippen LogP contribution is 2.51. The lowest BCUT2D eigenvalue weighted by molar-refractivity contribution is 0.661. The van der Waals surface area contributed by atoms with Crippen LogP contribution in [0.5, 0.6) is 0 Å². The average molecular weight is 680 g/mol. The van der Waals surface area contributed by atoms with Crippen molar-refractivity contribution in [3.63, 3.8) is 0 Å². The summed E-state index contributed by atoms with van der Waals surface area (Å²) >= 11 is 0. The summed E-state index contributed by atoms with van der Waals surface area (Å²) in [5, 5.41) is 4.59. The van der Waals surface area contributed by atoms with Gasteiger partial charge in [0.15, 0.2) is 5.82 Å². The summed E-state index contributed by atoms with van der Waals surface area (Å²) in [4.78, 5) is 10.2. The zero-order valence-electron chi connectivity index (χ0n) is 29.3. The molecule has 0 saturated heterocycles. The van der Waals surface area contributed by atoms with Crippen LogP contribution in [-0.2, 0) is 5.41 Å². The van der Waals surface area contributed by atoms with E-state index in [4.69, 9.17) is 14.4 Å². The third kappa shape index (κ3) is 4.42. The first-order valence-corrected chi connectivity index (χ1v) is 18.2. The van der Waals surface area contributed by atoms with Crippen LogP contribution >= 0.6 is 0 Å². The number of hydrogen-bond donors (Lipinski definition) is 0. The monoisotopic (exact) mass is 679 g/mol. The molecule has 0 unspecified atom stereocenters. The summed E-state index contributed by atoms with van der Waals surface area (Å²) in [5.74, 6) is 0.690. The highest BCUT2D eigenvalue weighted by molar-refractivity contribution is 6.14. The molecular weight excluding hydrogens is 647 g/mol. The van der Waals surface area contributed by atoms with Crippen molar-refractivity contribution in [2.45, 2.75) is 19.3 Å². The van der Waals surface area contributed by atoms with Crippen molar-refractivity contribution in [2.75, 3.05) is 0 Å². The Morgan fingerprint density at radius 2 is 1.19 bits per heavy atom. The minimum Gasteiger partial charge on any atom is -0.456 e. The molecule has 3 heterocycles. The third-order valence-electron chi connectivity index (χ3n) is 11.2. The normalized spacial score (nSPS) is 13.2. The van der Waals surface area contributed by atoms with Gasteiger partial charge in [-0.15, -0.1) is 0 Å². The van der Waals surface area contributed by atoms with Gasteiger partial charge < -0.3 is 8.98 Å². The van der Waals surface area contributed by atoms with Crippen LogP contribution in [0.4, 0.5) is 0 Å². The van der Waals surface area contributed by atoms with Gasteiger partial charge in [-0.05, 0) is 70.8 Å². The molecule has 4 heteroatoms. The standard InChI is InChI=1S/C49H33N3O/c1-49(2)39-21-11-9-18-33(39)36-27-37-34-19-10-12-22-43(34)52(44(37)28-40(36)49)32-24-25-45-38(26-32)47-35(20-13-23-46(47)53-45)42-29-41(30-14-5-3-6-15-30)50-48(51-42)31-16-7-4-8-17-31/h3-29H,1-2H3. The fourth-order valence-corrected chi connectivity index (χ4v) is 8.67. The average Bonchev–Trinajstić information content (AvgIpc) is 3.82. The topological polar surface area (TPSA) is 43.9 Å². The molecule has 1 aliphatic rings. The van der Waals surface area contributed by atoms with Gasteiger partial charge in [-0.25, -0.2) is 9.97 Å². The van der Waals surface area contributed by atoms with E-state index in [0.29, 0.717) is 5.82 Å². The summed E-state index contributed by atoms with van der Waals surface area (Å²) < 4.78 is 8.99. The number of aromatic nitrogens is 3. The third-order valence-corrected chi connectivity index (χ3v) is 11.2. The Morgan fingerprint density at radius 3 is 2.04 bits per heavy atom. The van der Waals surface area contributed by atoms with E-state index in [9.17, 15) is 0 Å². The molecule has 0 saturated carbocycles. The quantitative estimate of drug-likeness (QED) is 0.186. The number of rotatable bonds is 4. The van der Waals surface area contributed by atoms with E-state index >= 15 is 0 Å². The Bertz CT molecular complexity index is 3020. The first-order chi connectivity index (χ1) is 26.0. The minimum absolute atomic E-state index is 0.101. The van der Waals surface area contributed by atoms with E-state index in [1.165, 1.54) is 44.1 Å². The van der Waals surface area contributed by atoms with Gasteiger partial charge in [0, 0.05) is 49.3 Å². The molecule has 1 aliphatic carbocycles. The van der Waals surface area contributed by atoms with Crippen molar-refractivity contribution in [1.82, 2.24) is 14.5 Å². The molecule has 0 atom stereocenters. The van der Waals surface area contributed by atoms with Gasteiger partial charge in [-0.3, -0.25) is 0 Å². The van der Waals surface area contributed by atoms with Gasteiger partial charge in [-0.2, -0.15) is 0 Å². The Balaban J connectivity index is 1.16. The number of nitrogens with zero attached hydrogens (tertiary/aromatic N) is 3. The predicted molar refractivity (Wildman–Crippen MR) is 218 cm³/mol. The van der Waals surface area contributed by atoms with Crippen molar-refractivity contribution >= 4 is 43.7 Å². The second-order valence-electron chi connectivity index (χ2n) is 14.6. The maximum Gasteiger partial charge on any atom is 0.160 e. The Morgan fingerprint density at radius 1 is 0.472 bits per heavy atom. The molecule has 0 fully saturated rings. The van der Waals surface area contributed by atoms with E-state index in [-0.39, 0.29) is 5.41 Å². The van der Waals surface area contributed by atoms with Gasteiger partial charge >= 0.3 is 0 Å². The summed E-state index contributed by atoms with van der Waals surface area (Å²) in [5.41, 5.74) is 15.2. The van der Waals surface area contributed by atoms with Crippen molar-refractivity contribution in [3.05, 3.63) is 175 Å². The zero-order valence-corrected chi connectivity index (χ0v) is 29.3. The largest absolute Gasteiger partial charge is 0.456 e. The van der Waals surface area contributed by atoms with Crippen LogP contribution in [0.2, 0.25) is 0 Å². The highest BCUT2D eigenvalue weighted by Gasteiger charge is 2.36. The van der Waals surface area contributed by atoms with E-state index in [1.54, 1.807) is 0 Å². The Kier molecular flexibility index (Phi) is 6.27. The Hall–Kier alpha value is -6.78. The van der Waals surface area contributed by atoms with E-state index in [1.807, 2.05) is 36.4 Å². The fourth-order valence-electron chi connectivity index (χ4n) is 8.67. The molecule has 53 heavy (non-hydrogen) atoms. The van der Waals surface area contributed by atoms with Gasteiger partial charge in [0.1, 0.15) is 11.2 Å². The number of hydrogen-bond acceptors (Lipinski definition) is 3. The fraction of sp³-hybridized carbons (Fsp3) is 0.0612. The molecule has 0 bridgehead atoms. The molecule has 250 valence electrons. The molecule has 0 radical (unpaired) electrons. The van der Waals surface area contributed by atoms with E-state index < -0.39 is 0 Å². The molecule has 7 aromatic carbocycles. The molecule has 0 aliphatic heterocycles. The lowest BCUT2D eigenvalue weighted by Crippen LogP contribution is -2.14. The minimum atomic E-state index is -0.101. The summed E-state index contributed by atoms with van der Waals surface area (Å²) in [6.07, 6.45) is 0. The molecule has 0 spiro atoms. The van der Waals surface area contributed by atoms with Crippen LogP contribution in [0.3, 0.4) is 0 Å². The molecule has 4 nitrogen and oxygen atoms in total. The Labute approximate surface area is 306 Å². The number of furan rings is 1. The number of fused-ring (bicyclic) bond motifs is 9. The van der Waals surface area contributed by atoms with E-state index in [2.05, 4.69) is 146 Å². The maximum absolute atomic E-state index is 6.56. The highest BCUT2D eigenvalue weighted by atomic mass is 16.3. The van der Waals surface area contributed by atoms with Crippen molar-refractivity contribution in [2.24, 2.45) is 0 Å². The first kappa shape index (κ1) is 29.9. The van der Waals surface area contributed by atoms with Crippen molar-refractivity contribution in [3.8, 4) is 50.7 Å². The summed E-state index contributed by atoms with van der Waals surface area (Å²) in [6, 6.07) is 58.0. The van der Waals surface area contributed by atoms with Crippen molar-refractivity contribution < 1.29 is 4.42 Å². The number of para-hydroxylation sites is 1. The molecular formula is C49H33N3O. The number of benzene rings is 7. The van der Waals surface area contributed by atoms with Gasteiger partial charge in [0.05, 0.1) is 22.4 Å². The molecule has 11 rings (SSSR count). The van der Waals surface area contributed by atoms with Crippen LogP contribution < -0.4 is 0 Å². The lowest BCUT2D eigenvalue weighted by Gasteiger charge is -2.21. The second-order valence-corrected chi connectivity index (χ2v) is 14.6. The summed E-state index contributed by atoms with van der Waals surface area (Å²) in [6.45, 7) is 4.70. The van der Waals surface area contributed by atoms with Gasteiger partial charge in [0.25, 0.3) is 0 Å². The molecule has 3 aromatic heterocycles. The lowest BCUT2D eigenvalue weighted by atomic mass is 9.82. The molecule has 0 amide bonds. The van der Waals surface area contributed by atoms with Crippen LogP contribution in [0.1, 0.15) is 25.0 Å². The SMILES string of the molecule is CC1(C)c2ccccc2-c2cc3c4ccccc4n(-c4ccc5oc6cccc(-c7cc(-c8ccccc8)nc(-c8ccccc8)n7)c6c5c4)c3cc21. The van der Waals surface area contributed by atoms with Gasteiger partial charge in [-0.1, -0.05) is 129 Å². The van der Waals surface area contributed by atoms with Crippen LogP contribution in [0, 0.1) is 0 Å². The maximum atomic E-state index is 6.56. The predicted octanol–water partition coefficient (Wildman–Crippen LogP) is 12.8. The first-order valence-electron chi connectivity index (χ1n) is 18.2. The van der Waals surface area contributed by atoms with E-state index in [0.717, 1.165) is 55.7 Å². The van der Waals surface area contributed by atoms with Crippen molar-refractivity contribution in [1.29, 1.82) is 0 Å². The zero-order chi connectivity index (χ0) is 35.3. The second kappa shape index (κ2) is 11.1. The smallest absolute Gasteiger partial charge is 0.160 e. The molecule has 0 N–H and O–H groups in total. The van der Waals surface area contributed by atoms with Gasteiger partial charge in [0.2, 0.25) is 0 Å². The van der Waals surface area contributed by atoms with Crippen LogP contribution in [0.15, 0.2) is 168 Å². The summed E-state index contributed by atoms with van der Waals surface area (Å²) in [7, 11) is 0.